The van der Waals surface area contributed by atoms with Gasteiger partial charge in [0.25, 0.3) is 0 Å². The lowest BCUT2D eigenvalue weighted by atomic mass is 10.0. The normalized spacial score (nSPS) is 17.4. The van der Waals surface area contributed by atoms with Gasteiger partial charge < -0.3 is 10.1 Å². The van der Waals surface area contributed by atoms with Crippen LogP contribution in [0.2, 0.25) is 0 Å². The number of rotatable bonds is 5. The SMILES string of the molecule is CCc1ccc(C2CNCCN2S(=O)(=O)c2ccc(C#N)cc2OC)cc1.Cl. The van der Waals surface area contributed by atoms with Crippen LogP contribution in [-0.2, 0) is 16.4 Å². The number of sulfonamides is 1. The topological polar surface area (TPSA) is 82.4 Å². The lowest BCUT2D eigenvalue weighted by molar-refractivity contribution is 0.270. The van der Waals surface area contributed by atoms with E-state index in [1.165, 1.54) is 35.2 Å². The minimum Gasteiger partial charge on any atom is -0.495 e. The molecule has 1 heterocycles. The summed E-state index contributed by atoms with van der Waals surface area (Å²) in [4.78, 5) is 0.0843. The summed E-state index contributed by atoms with van der Waals surface area (Å²) in [5.74, 6) is 0.188. The second-order valence-electron chi connectivity index (χ2n) is 6.41. The van der Waals surface area contributed by atoms with Crippen molar-refractivity contribution in [1.29, 1.82) is 5.26 Å². The van der Waals surface area contributed by atoms with Crippen molar-refractivity contribution < 1.29 is 13.2 Å². The zero-order valence-electron chi connectivity index (χ0n) is 15.9. The number of hydrogen-bond donors (Lipinski definition) is 1. The number of nitriles is 1. The van der Waals surface area contributed by atoms with E-state index in [0.717, 1.165) is 12.0 Å². The highest BCUT2D eigenvalue weighted by atomic mass is 35.5. The molecule has 3 rings (SSSR count). The highest BCUT2D eigenvalue weighted by molar-refractivity contribution is 7.89. The van der Waals surface area contributed by atoms with Gasteiger partial charge in [-0.05, 0) is 35.7 Å². The van der Waals surface area contributed by atoms with Crippen molar-refractivity contribution in [3.05, 3.63) is 59.2 Å². The number of benzene rings is 2. The first-order valence-corrected chi connectivity index (χ1v) is 10.3. The summed E-state index contributed by atoms with van der Waals surface area (Å²) in [6.45, 7) is 3.58. The molecule has 0 aromatic heterocycles. The Hall–Kier alpha value is -2.11. The third-order valence-electron chi connectivity index (χ3n) is 4.85. The molecule has 0 spiro atoms. The van der Waals surface area contributed by atoms with Gasteiger partial charge in [0.2, 0.25) is 10.0 Å². The number of piperazine rings is 1. The zero-order valence-corrected chi connectivity index (χ0v) is 17.5. The molecule has 0 bridgehead atoms. The highest BCUT2D eigenvalue weighted by Crippen LogP contribution is 2.33. The minimum absolute atomic E-state index is 0. The van der Waals surface area contributed by atoms with Gasteiger partial charge in [0.15, 0.2) is 0 Å². The maximum Gasteiger partial charge on any atom is 0.247 e. The van der Waals surface area contributed by atoms with Crippen LogP contribution in [-0.4, -0.2) is 39.5 Å². The first-order valence-electron chi connectivity index (χ1n) is 8.90. The number of nitrogens with one attached hydrogen (secondary N) is 1. The molecule has 2 aromatic carbocycles. The van der Waals surface area contributed by atoms with E-state index in [-0.39, 0.29) is 29.1 Å². The van der Waals surface area contributed by atoms with E-state index in [4.69, 9.17) is 10.00 Å². The van der Waals surface area contributed by atoms with Gasteiger partial charge >= 0.3 is 0 Å². The summed E-state index contributed by atoms with van der Waals surface area (Å²) >= 11 is 0. The second kappa shape index (κ2) is 9.39. The average Bonchev–Trinajstić information content (AvgIpc) is 2.73. The van der Waals surface area contributed by atoms with Crippen molar-refractivity contribution in [1.82, 2.24) is 9.62 Å². The molecule has 6 nitrogen and oxygen atoms in total. The molecule has 1 atom stereocenters. The fraction of sp³-hybridized carbons (Fsp3) is 0.350. The van der Waals surface area contributed by atoms with E-state index < -0.39 is 10.0 Å². The molecule has 1 N–H and O–H groups in total. The Bertz CT molecular complexity index is 956. The van der Waals surface area contributed by atoms with Crippen molar-refractivity contribution in [3.8, 4) is 11.8 Å². The monoisotopic (exact) mass is 421 g/mol. The molecule has 1 aliphatic rings. The fourth-order valence-corrected chi connectivity index (χ4v) is 5.06. The number of hydrogen-bond acceptors (Lipinski definition) is 5. The highest BCUT2D eigenvalue weighted by Gasteiger charge is 2.36. The van der Waals surface area contributed by atoms with Crippen LogP contribution in [0.15, 0.2) is 47.4 Å². The largest absolute Gasteiger partial charge is 0.495 e. The fourth-order valence-electron chi connectivity index (χ4n) is 3.31. The average molecular weight is 422 g/mol. The third kappa shape index (κ3) is 4.31. The van der Waals surface area contributed by atoms with Crippen LogP contribution >= 0.6 is 12.4 Å². The molecule has 1 fully saturated rings. The molecule has 0 aliphatic carbocycles. The molecular weight excluding hydrogens is 398 g/mol. The van der Waals surface area contributed by atoms with Gasteiger partial charge in [-0.15, -0.1) is 12.4 Å². The third-order valence-corrected chi connectivity index (χ3v) is 6.79. The van der Waals surface area contributed by atoms with E-state index in [2.05, 4.69) is 12.2 Å². The van der Waals surface area contributed by atoms with Crippen LogP contribution in [0.1, 0.15) is 29.7 Å². The second-order valence-corrected chi connectivity index (χ2v) is 8.27. The summed E-state index contributed by atoms with van der Waals surface area (Å²) < 4.78 is 33.6. The van der Waals surface area contributed by atoms with Crippen LogP contribution in [0.3, 0.4) is 0 Å². The molecule has 1 unspecified atom stereocenters. The number of aryl methyl sites for hydroxylation is 1. The van der Waals surface area contributed by atoms with Gasteiger partial charge in [-0.25, -0.2) is 8.42 Å². The van der Waals surface area contributed by atoms with Crippen LogP contribution in [0.5, 0.6) is 5.75 Å². The molecular formula is C20H24ClN3O3S. The summed E-state index contributed by atoms with van der Waals surface area (Å²) in [6.07, 6.45) is 0.938. The van der Waals surface area contributed by atoms with E-state index in [1.807, 2.05) is 30.3 Å². The van der Waals surface area contributed by atoms with E-state index >= 15 is 0 Å². The predicted octanol–water partition coefficient (Wildman–Crippen LogP) is 2.89. The van der Waals surface area contributed by atoms with Gasteiger partial charge in [0.05, 0.1) is 24.8 Å². The number of methoxy groups -OCH3 is 1. The maximum atomic E-state index is 13.4. The number of halogens is 1. The molecule has 1 saturated heterocycles. The molecule has 2 aromatic rings. The van der Waals surface area contributed by atoms with Crippen LogP contribution in [0.25, 0.3) is 0 Å². The molecule has 28 heavy (non-hydrogen) atoms. The molecule has 150 valence electrons. The Labute approximate surface area is 172 Å². The minimum atomic E-state index is -3.78. The first kappa shape index (κ1) is 22.2. The van der Waals surface area contributed by atoms with Crippen molar-refractivity contribution in [2.24, 2.45) is 0 Å². The van der Waals surface area contributed by atoms with E-state index in [0.29, 0.717) is 25.2 Å². The number of ether oxygens (including phenoxy) is 1. The van der Waals surface area contributed by atoms with Gasteiger partial charge in [-0.3, -0.25) is 0 Å². The summed E-state index contributed by atoms with van der Waals surface area (Å²) in [6, 6.07) is 14.2. The van der Waals surface area contributed by atoms with E-state index in [1.54, 1.807) is 0 Å². The predicted molar refractivity (Wildman–Crippen MR) is 110 cm³/mol. The van der Waals surface area contributed by atoms with Gasteiger partial charge in [0.1, 0.15) is 10.6 Å². The molecule has 1 aliphatic heterocycles. The number of nitrogens with zero attached hydrogens (tertiary/aromatic N) is 2. The Balaban J connectivity index is 0.00000280. The Kier molecular flexibility index (Phi) is 7.44. The van der Waals surface area contributed by atoms with Crippen LogP contribution in [0.4, 0.5) is 0 Å². The quantitative estimate of drug-likeness (QED) is 0.802. The van der Waals surface area contributed by atoms with Gasteiger partial charge in [-0.2, -0.15) is 9.57 Å². The smallest absolute Gasteiger partial charge is 0.247 e. The molecule has 8 heteroatoms. The molecule has 0 amide bonds. The van der Waals surface area contributed by atoms with Crippen molar-refractivity contribution in [2.45, 2.75) is 24.3 Å². The lowest BCUT2D eigenvalue weighted by Crippen LogP contribution is -2.48. The standard InChI is InChI=1S/C20H23N3O3S.ClH/c1-3-15-4-7-17(8-5-15)18-14-22-10-11-23(18)27(24,25)20-9-6-16(13-21)12-19(20)26-2;/h4-9,12,18,22H,3,10-11,14H2,1-2H3;1H. The Morgan fingerprint density at radius 2 is 1.96 bits per heavy atom. The maximum absolute atomic E-state index is 13.4. The summed E-state index contributed by atoms with van der Waals surface area (Å²) in [5, 5.41) is 12.3. The van der Waals surface area contributed by atoms with Crippen molar-refractivity contribution in [2.75, 3.05) is 26.7 Å². The van der Waals surface area contributed by atoms with Crippen molar-refractivity contribution in [3.63, 3.8) is 0 Å². The Morgan fingerprint density at radius 1 is 1.25 bits per heavy atom. The zero-order chi connectivity index (χ0) is 19.4. The van der Waals surface area contributed by atoms with Crippen LogP contribution < -0.4 is 10.1 Å². The molecule has 0 saturated carbocycles. The van der Waals surface area contributed by atoms with E-state index in [9.17, 15) is 8.42 Å². The molecule has 0 radical (unpaired) electrons. The summed E-state index contributed by atoms with van der Waals surface area (Å²) in [5.41, 5.74) is 2.53. The lowest BCUT2D eigenvalue weighted by Gasteiger charge is -2.35. The first-order chi connectivity index (χ1) is 13.0. The van der Waals surface area contributed by atoms with Gasteiger partial charge in [-0.1, -0.05) is 31.2 Å². The van der Waals surface area contributed by atoms with Crippen molar-refractivity contribution >= 4 is 22.4 Å². The summed E-state index contributed by atoms with van der Waals surface area (Å²) in [7, 11) is -2.37. The Morgan fingerprint density at radius 3 is 2.57 bits per heavy atom. The van der Waals surface area contributed by atoms with Gasteiger partial charge in [0, 0.05) is 19.6 Å². The van der Waals surface area contributed by atoms with Crippen LogP contribution in [0, 0.1) is 11.3 Å².